The molecule has 0 N–H and O–H groups in total. The zero-order chi connectivity index (χ0) is 12.5. The molecule has 0 saturated heterocycles. The van der Waals surface area contributed by atoms with Gasteiger partial charge in [0.1, 0.15) is 0 Å². The fraction of sp³-hybridized carbons (Fsp3) is 0.222. The number of benzene rings is 1. The fourth-order valence-corrected chi connectivity index (χ4v) is 1.52. The van der Waals surface area contributed by atoms with Crippen LogP contribution in [-0.2, 0) is 0 Å². The highest BCUT2D eigenvalue weighted by atomic mass is 35.5. The number of carbonyl (C=O) groups is 1. The van der Waals surface area contributed by atoms with Crippen LogP contribution in [-0.4, -0.2) is 10.7 Å². The first kappa shape index (κ1) is 12.5. The van der Waals surface area contributed by atoms with Crippen molar-refractivity contribution in [3.05, 3.63) is 38.4 Å². The van der Waals surface area contributed by atoms with E-state index in [0.29, 0.717) is 0 Å². The summed E-state index contributed by atoms with van der Waals surface area (Å²) in [6, 6.07) is 1.60. The molecule has 0 amide bonds. The van der Waals surface area contributed by atoms with E-state index < -0.39 is 39.0 Å². The van der Waals surface area contributed by atoms with Crippen LogP contribution < -0.4 is 0 Å². The first-order valence-electron chi connectivity index (χ1n) is 4.11. The Labute approximate surface area is 94.0 Å². The van der Waals surface area contributed by atoms with Gasteiger partial charge in [-0.25, -0.2) is 8.78 Å². The van der Waals surface area contributed by atoms with Gasteiger partial charge in [0, 0.05) is 23.3 Å². The Kier molecular flexibility index (Phi) is 3.54. The molecule has 0 saturated carbocycles. The number of ketones is 1. The summed E-state index contributed by atoms with van der Waals surface area (Å²) in [6.45, 7) is 1.04. The number of nitrogens with zero attached hydrogens (tertiary/aromatic N) is 1. The quantitative estimate of drug-likeness (QED) is 0.469. The minimum atomic E-state index is -2.95. The molecular weight excluding hydrogens is 244 g/mol. The summed E-state index contributed by atoms with van der Waals surface area (Å²) in [5, 5.41) is 9.98. The molecular formula is C9H6ClF2NO3. The predicted octanol–water partition coefficient (Wildman–Crippen LogP) is 3.39. The first-order chi connectivity index (χ1) is 7.34. The Morgan fingerprint density at radius 2 is 2.06 bits per heavy atom. The van der Waals surface area contributed by atoms with E-state index >= 15 is 0 Å². The molecule has 86 valence electrons. The second-order valence-corrected chi connectivity index (χ2v) is 3.41. The van der Waals surface area contributed by atoms with Gasteiger partial charge in [-0.3, -0.25) is 14.9 Å². The van der Waals surface area contributed by atoms with Crippen LogP contribution in [0.1, 0.15) is 29.3 Å². The van der Waals surface area contributed by atoms with Gasteiger partial charge in [0.15, 0.2) is 5.78 Å². The highest BCUT2D eigenvalue weighted by Gasteiger charge is 2.23. The molecule has 4 nitrogen and oxygen atoms in total. The number of nitro groups is 1. The third-order valence-electron chi connectivity index (χ3n) is 1.92. The minimum Gasteiger partial charge on any atom is -0.294 e. The van der Waals surface area contributed by atoms with Crippen LogP contribution in [0.5, 0.6) is 0 Å². The van der Waals surface area contributed by atoms with E-state index in [1.807, 2.05) is 0 Å². The highest BCUT2D eigenvalue weighted by Crippen LogP contribution is 2.34. The number of Topliss-reactive ketones (excluding diaryl/α,β-unsaturated/α-hetero) is 1. The van der Waals surface area contributed by atoms with Crippen LogP contribution in [0.4, 0.5) is 14.5 Å². The van der Waals surface area contributed by atoms with Crippen molar-refractivity contribution in [3.63, 3.8) is 0 Å². The van der Waals surface area contributed by atoms with Crippen molar-refractivity contribution >= 4 is 23.1 Å². The van der Waals surface area contributed by atoms with E-state index in [-0.39, 0.29) is 0 Å². The minimum absolute atomic E-state index is 0.422. The Balaban J connectivity index is 3.52. The lowest BCUT2D eigenvalue weighted by molar-refractivity contribution is -0.384. The summed E-state index contributed by atoms with van der Waals surface area (Å²) in [5.74, 6) is -0.694. The largest absolute Gasteiger partial charge is 0.294 e. The molecule has 1 aromatic carbocycles. The summed E-state index contributed by atoms with van der Waals surface area (Å²) in [4.78, 5) is 20.7. The molecule has 1 aromatic rings. The smallest absolute Gasteiger partial charge is 0.271 e. The van der Waals surface area contributed by atoms with E-state index in [1.165, 1.54) is 0 Å². The van der Waals surface area contributed by atoms with Crippen molar-refractivity contribution in [2.24, 2.45) is 0 Å². The van der Waals surface area contributed by atoms with Crippen LogP contribution in [0.15, 0.2) is 12.1 Å². The van der Waals surface area contributed by atoms with Crippen molar-refractivity contribution in [3.8, 4) is 0 Å². The second-order valence-electron chi connectivity index (χ2n) is 3.00. The fourth-order valence-electron chi connectivity index (χ4n) is 1.22. The van der Waals surface area contributed by atoms with Crippen LogP contribution in [0.3, 0.4) is 0 Å². The molecule has 0 spiro atoms. The molecule has 0 heterocycles. The molecule has 16 heavy (non-hydrogen) atoms. The van der Waals surface area contributed by atoms with Gasteiger partial charge >= 0.3 is 0 Å². The van der Waals surface area contributed by atoms with Crippen LogP contribution in [0.2, 0.25) is 5.02 Å². The molecule has 0 aliphatic carbocycles. The van der Waals surface area contributed by atoms with Crippen LogP contribution in [0.25, 0.3) is 0 Å². The van der Waals surface area contributed by atoms with Gasteiger partial charge in [0.25, 0.3) is 12.1 Å². The third-order valence-corrected chi connectivity index (χ3v) is 2.24. The SMILES string of the molecule is CC(=O)c1cc([N+](=O)[O-])cc(Cl)c1C(F)F. The number of hydrogen-bond donors (Lipinski definition) is 0. The highest BCUT2D eigenvalue weighted by molar-refractivity contribution is 6.32. The lowest BCUT2D eigenvalue weighted by Gasteiger charge is -2.07. The average molecular weight is 250 g/mol. The van der Waals surface area contributed by atoms with Crippen LogP contribution >= 0.6 is 11.6 Å². The molecule has 1 rings (SSSR count). The van der Waals surface area contributed by atoms with Crippen molar-refractivity contribution in [2.45, 2.75) is 13.3 Å². The monoisotopic (exact) mass is 249 g/mol. The van der Waals surface area contributed by atoms with Crippen molar-refractivity contribution < 1.29 is 18.5 Å². The molecule has 0 unspecified atom stereocenters. The zero-order valence-corrected chi connectivity index (χ0v) is 8.79. The summed E-state index contributed by atoms with van der Waals surface area (Å²) >= 11 is 5.48. The molecule has 0 radical (unpaired) electrons. The molecule has 0 aliphatic rings. The van der Waals surface area contributed by atoms with Gasteiger partial charge in [0.2, 0.25) is 0 Å². The summed E-state index contributed by atoms with van der Waals surface area (Å²) in [6.07, 6.45) is -2.95. The van der Waals surface area contributed by atoms with Gasteiger partial charge in [-0.2, -0.15) is 0 Å². The molecule has 7 heteroatoms. The molecule has 0 atom stereocenters. The standard InChI is InChI=1S/C9H6ClF2NO3/c1-4(14)6-2-5(13(15)16)3-7(10)8(6)9(11)12/h2-3,9H,1H3. The van der Waals surface area contributed by atoms with Gasteiger partial charge in [-0.05, 0) is 6.92 Å². The van der Waals surface area contributed by atoms with Gasteiger partial charge in [-0.15, -0.1) is 0 Å². The summed E-state index contributed by atoms with van der Waals surface area (Å²) in [7, 11) is 0. The topological polar surface area (TPSA) is 60.2 Å². The van der Waals surface area contributed by atoms with Crippen LogP contribution in [0, 0.1) is 10.1 Å². The maximum absolute atomic E-state index is 12.6. The van der Waals surface area contributed by atoms with E-state index in [9.17, 15) is 23.7 Å². The van der Waals surface area contributed by atoms with E-state index in [2.05, 4.69) is 0 Å². The Bertz CT molecular complexity index is 462. The Morgan fingerprint density at radius 3 is 2.44 bits per heavy atom. The van der Waals surface area contributed by atoms with E-state index in [4.69, 9.17) is 11.6 Å². The molecule has 0 fully saturated rings. The molecule has 0 aromatic heterocycles. The third kappa shape index (κ3) is 2.33. The second kappa shape index (κ2) is 4.52. The lowest BCUT2D eigenvalue weighted by atomic mass is 10.0. The maximum atomic E-state index is 12.6. The van der Waals surface area contributed by atoms with Crippen molar-refractivity contribution in [2.75, 3.05) is 0 Å². The number of halogens is 3. The predicted molar refractivity (Wildman–Crippen MR) is 53.1 cm³/mol. The normalized spacial score (nSPS) is 10.6. The number of non-ortho nitro benzene ring substituents is 1. The van der Waals surface area contributed by atoms with E-state index in [1.54, 1.807) is 0 Å². The summed E-state index contributed by atoms with van der Waals surface area (Å²) < 4.78 is 25.1. The number of nitro benzene ring substituents is 1. The van der Waals surface area contributed by atoms with E-state index in [0.717, 1.165) is 19.1 Å². The van der Waals surface area contributed by atoms with Gasteiger partial charge in [0.05, 0.1) is 9.95 Å². The number of rotatable bonds is 3. The zero-order valence-electron chi connectivity index (χ0n) is 8.04. The number of hydrogen-bond acceptors (Lipinski definition) is 3. The Morgan fingerprint density at radius 1 is 1.50 bits per heavy atom. The Hall–Kier alpha value is -1.56. The van der Waals surface area contributed by atoms with Gasteiger partial charge < -0.3 is 0 Å². The number of alkyl halides is 2. The lowest BCUT2D eigenvalue weighted by Crippen LogP contribution is -2.03. The first-order valence-corrected chi connectivity index (χ1v) is 4.49. The van der Waals surface area contributed by atoms with Crippen molar-refractivity contribution in [1.82, 2.24) is 0 Å². The number of carbonyl (C=O) groups excluding carboxylic acids is 1. The van der Waals surface area contributed by atoms with Gasteiger partial charge in [-0.1, -0.05) is 11.6 Å². The summed E-state index contributed by atoms with van der Waals surface area (Å²) in [5.41, 5.74) is -1.58. The molecule has 0 bridgehead atoms. The van der Waals surface area contributed by atoms with Crippen molar-refractivity contribution in [1.29, 1.82) is 0 Å². The maximum Gasteiger partial charge on any atom is 0.271 e. The molecule has 0 aliphatic heterocycles. The average Bonchev–Trinajstić information content (AvgIpc) is 2.15.